The molecule has 5 heteroatoms. The maximum atomic E-state index is 12.2. The minimum Gasteiger partial charge on any atom is -0.389 e. The lowest BCUT2D eigenvalue weighted by Crippen LogP contribution is -2.39. The fourth-order valence-corrected chi connectivity index (χ4v) is 3.19. The van der Waals surface area contributed by atoms with Gasteiger partial charge in [-0.25, -0.2) is 8.42 Å². The molecule has 0 unspecified atom stereocenters. The monoisotopic (exact) mass is 257 g/mol. The van der Waals surface area contributed by atoms with Crippen LogP contribution in [0.5, 0.6) is 0 Å². The molecule has 0 spiro atoms. The van der Waals surface area contributed by atoms with E-state index in [4.69, 9.17) is 0 Å². The van der Waals surface area contributed by atoms with Gasteiger partial charge in [-0.1, -0.05) is 18.2 Å². The van der Waals surface area contributed by atoms with Gasteiger partial charge < -0.3 is 5.11 Å². The molecule has 0 fully saturated rings. The third kappa shape index (κ3) is 3.52. The quantitative estimate of drug-likeness (QED) is 0.886. The standard InChI is InChI=1S/C12H19NO3S/c1-10-7-5-6-8-11(10)17(15,16)13(4)9-12(2,3)14/h5-8,14H,9H2,1-4H3. The Balaban J connectivity index is 3.09. The van der Waals surface area contributed by atoms with E-state index in [1.54, 1.807) is 45.0 Å². The molecule has 0 aliphatic heterocycles. The molecule has 0 atom stereocenters. The molecule has 0 amide bonds. The van der Waals surface area contributed by atoms with Gasteiger partial charge in [0.2, 0.25) is 10.0 Å². The Kier molecular flexibility index (Phi) is 3.96. The lowest BCUT2D eigenvalue weighted by molar-refractivity contribution is 0.0640. The number of likely N-dealkylation sites (N-methyl/N-ethyl adjacent to an activating group) is 1. The molecule has 0 radical (unpaired) electrons. The van der Waals surface area contributed by atoms with Crippen molar-refractivity contribution in [3.05, 3.63) is 29.8 Å². The van der Waals surface area contributed by atoms with E-state index in [-0.39, 0.29) is 11.4 Å². The topological polar surface area (TPSA) is 57.6 Å². The summed E-state index contributed by atoms with van der Waals surface area (Å²) < 4.78 is 25.7. The van der Waals surface area contributed by atoms with Gasteiger partial charge in [0.25, 0.3) is 0 Å². The van der Waals surface area contributed by atoms with Crippen molar-refractivity contribution in [1.29, 1.82) is 0 Å². The van der Waals surface area contributed by atoms with E-state index >= 15 is 0 Å². The molecule has 0 aromatic heterocycles. The Hall–Kier alpha value is -0.910. The van der Waals surface area contributed by atoms with Crippen molar-refractivity contribution in [2.45, 2.75) is 31.3 Å². The molecule has 17 heavy (non-hydrogen) atoms. The Bertz CT molecular complexity index is 489. The van der Waals surface area contributed by atoms with E-state index in [0.717, 1.165) is 0 Å². The summed E-state index contributed by atoms with van der Waals surface area (Å²) in [7, 11) is -2.06. The van der Waals surface area contributed by atoms with Gasteiger partial charge in [-0.15, -0.1) is 0 Å². The van der Waals surface area contributed by atoms with Gasteiger partial charge in [0, 0.05) is 13.6 Å². The van der Waals surface area contributed by atoms with Crippen molar-refractivity contribution in [3.63, 3.8) is 0 Å². The van der Waals surface area contributed by atoms with E-state index in [2.05, 4.69) is 0 Å². The summed E-state index contributed by atoms with van der Waals surface area (Å²) in [5.41, 5.74) is -0.347. The number of hydrogen-bond acceptors (Lipinski definition) is 3. The first-order chi connectivity index (χ1) is 7.64. The second-order valence-electron chi connectivity index (χ2n) is 4.84. The highest BCUT2D eigenvalue weighted by Gasteiger charge is 2.27. The second-order valence-corrected chi connectivity index (χ2v) is 6.85. The minimum absolute atomic E-state index is 0.0592. The molecule has 96 valence electrons. The molecule has 0 saturated heterocycles. The predicted molar refractivity (Wildman–Crippen MR) is 67.3 cm³/mol. The molecule has 1 aromatic carbocycles. The van der Waals surface area contributed by atoms with E-state index in [9.17, 15) is 13.5 Å². The number of hydrogen-bond donors (Lipinski definition) is 1. The van der Waals surface area contributed by atoms with Crippen LogP contribution in [0.2, 0.25) is 0 Å². The van der Waals surface area contributed by atoms with Crippen molar-refractivity contribution >= 4 is 10.0 Å². The highest BCUT2D eigenvalue weighted by Crippen LogP contribution is 2.19. The molecule has 1 N–H and O–H groups in total. The summed E-state index contributed by atoms with van der Waals surface area (Å²) >= 11 is 0. The fraction of sp³-hybridized carbons (Fsp3) is 0.500. The normalized spacial score (nSPS) is 13.1. The molecule has 1 aromatic rings. The largest absolute Gasteiger partial charge is 0.389 e. The van der Waals surface area contributed by atoms with Crippen LogP contribution < -0.4 is 0 Å². The van der Waals surface area contributed by atoms with E-state index in [1.165, 1.54) is 11.4 Å². The molecule has 0 heterocycles. The molecule has 0 aliphatic carbocycles. The van der Waals surface area contributed by atoms with Crippen molar-refractivity contribution in [2.75, 3.05) is 13.6 Å². The first-order valence-corrected chi connectivity index (χ1v) is 6.83. The lowest BCUT2D eigenvalue weighted by atomic mass is 10.1. The SMILES string of the molecule is Cc1ccccc1S(=O)(=O)N(C)CC(C)(C)O. The number of benzene rings is 1. The average Bonchev–Trinajstić information content (AvgIpc) is 2.15. The highest BCUT2D eigenvalue weighted by atomic mass is 32.2. The number of sulfonamides is 1. The zero-order valence-corrected chi connectivity index (χ0v) is 11.5. The van der Waals surface area contributed by atoms with Crippen LogP contribution in [-0.4, -0.2) is 37.0 Å². The third-order valence-corrected chi connectivity index (χ3v) is 4.36. The van der Waals surface area contributed by atoms with Crippen LogP contribution in [-0.2, 0) is 10.0 Å². The van der Waals surface area contributed by atoms with Gasteiger partial charge in [0.15, 0.2) is 0 Å². The Morgan fingerprint density at radius 1 is 1.29 bits per heavy atom. The van der Waals surface area contributed by atoms with Crippen molar-refractivity contribution in [2.24, 2.45) is 0 Å². The third-order valence-electron chi connectivity index (χ3n) is 2.39. The van der Waals surface area contributed by atoms with Crippen LogP contribution in [0.25, 0.3) is 0 Å². The zero-order chi connectivity index (χ0) is 13.3. The summed E-state index contributed by atoms with van der Waals surface area (Å²) in [5.74, 6) is 0. The average molecular weight is 257 g/mol. The lowest BCUT2D eigenvalue weighted by Gasteiger charge is -2.25. The molecular formula is C12H19NO3S. The molecule has 4 nitrogen and oxygen atoms in total. The van der Waals surface area contributed by atoms with E-state index in [1.807, 2.05) is 0 Å². The van der Waals surface area contributed by atoms with Crippen LogP contribution in [0.1, 0.15) is 19.4 Å². The maximum Gasteiger partial charge on any atom is 0.243 e. The highest BCUT2D eigenvalue weighted by molar-refractivity contribution is 7.89. The fourth-order valence-electron chi connectivity index (χ4n) is 1.64. The van der Waals surface area contributed by atoms with Crippen LogP contribution >= 0.6 is 0 Å². The van der Waals surface area contributed by atoms with E-state index < -0.39 is 15.6 Å². The molecule has 1 rings (SSSR count). The summed E-state index contributed by atoms with van der Waals surface area (Å²) in [6.07, 6.45) is 0. The van der Waals surface area contributed by atoms with Gasteiger partial charge in [-0.3, -0.25) is 0 Å². The molecule has 0 bridgehead atoms. The zero-order valence-electron chi connectivity index (χ0n) is 10.6. The number of aryl methyl sites for hydroxylation is 1. The van der Waals surface area contributed by atoms with Gasteiger partial charge in [0.1, 0.15) is 0 Å². The van der Waals surface area contributed by atoms with Gasteiger partial charge in [-0.2, -0.15) is 4.31 Å². The Labute approximate surface area is 103 Å². The first-order valence-electron chi connectivity index (χ1n) is 5.39. The van der Waals surface area contributed by atoms with Crippen molar-refractivity contribution in [1.82, 2.24) is 4.31 Å². The summed E-state index contributed by atoms with van der Waals surface area (Å²) in [5, 5.41) is 9.66. The van der Waals surface area contributed by atoms with Gasteiger partial charge >= 0.3 is 0 Å². The Morgan fingerprint density at radius 3 is 2.29 bits per heavy atom. The molecular weight excluding hydrogens is 238 g/mol. The van der Waals surface area contributed by atoms with Crippen molar-refractivity contribution in [3.8, 4) is 0 Å². The van der Waals surface area contributed by atoms with Crippen LogP contribution in [0.15, 0.2) is 29.2 Å². The summed E-state index contributed by atoms with van der Waals surface area (Å²) in [6.45, 7) is 4.97. The summed E-state index contributed by atoms with van der Waals surface area (Å²) in [4.78, 5) is 0.284. The predicted octanol–water partition coefficient (Wildman–Crippen LogP) is 1.39. The number of aliphatic hydroxyl groups is 1. The molecule has 0 saturated carbocycles. The Morgan fingerprint density at radius 2 is 1.82 bits per heavy atom. The van der Waals surface area contributed by atoms with Crippen LogP contribution in [0, 0.1) is 6.92 Å². The van der Waals surface area contributed by atoms with E-state index in [0.29, 0.717) is 5.56 Å². The first kappa shape index (κ1) is 14.2. The molecule has 0 aliphatic rings. The number of nitrogens with zero attached hydrogens (tertiary/aromatic N) is 1. The smallest absolute Gasteiger partial charge is 0.243 e. The van der Waals surface area contributed by atoms with Crippen LogP contribution in [0.3, 0.4) is 0 Å². The number of rotatable bonds is 4. The van der Waals surface area contributed by atoms with Crippen LogP contribution in [0.4, 0.5) is 0 Å². The minimum atomic E-state index is -3.53. The summed E-state index contributed by atoms with van der Waals surface area (Å²) in [6, 6.07) is 6.82. The van der Waals surface area contributed by atoms with Crippen molar-refractivity contribution < 1.29 is 13.5 Å². The van der Waals surface area contributed by atoms with Gasteiger partial charge in [0.05, 0.1) is 10.5 Å². The van der Waals surface area contributed by atoms with Gasteiger partial charge in [-0.05, 0) is 32.4 Å². The maximum absolute atomic E-state index is 12.2. The second kappa shape index (κ2) is 4.76.